The van der Waals surface area contributed by atoms with Crippen molar-refractivity contribution in [2.24, 2.45) is 4.99 Å². The lowest BCUT2D eigenvalue weighted by Gasteiger charge is -2.10. The summed E-state index contributed by atoms with van der Waals surface area (Å²) >= 11 is 12.0. The molecule has 1 heterocycles. The lowest BCUT2D eigenvalue weighted by molar-refractivity contribution is 0.305. The van der Waals surface area contributed by atoms with Crippen molar-refractivity contribution in [1.82, 2.24) is 0 Å². The van der Waals surface area contributed by atoms with Crippen molar-refractivity contribution in [3.8, 4) is 5.75 Å². The first-order valence-corrected chi connectivity index (χ1v) is 9.58. The number of rotatable bonds is 5. The Hall–Kier alpha value is -2.63. The van der Waals surface area contributed by atoms with Crippen molar-refractivity contribution in [2.45, 2.75) is 12.6 Å². The smallest absolute Gasteiger partial charge is 0.222 e. The molecule has 0 spiro atoms. The molecule has 3 aromatic rings. The summed E-state index contributed by atoms with van der Waals surface area (Å²) in [6.07, 6.45) is 0. The Morgan fingerprint density at radius 2 is 1.72 bits per heavy atom. The molecule has 0 saturated carbocycles. The quantitative estimate of drug-likeness (QED) is 0.467. The zero-order chi connectivity index (χ0) is 20.4. The molecule has 0 radical (unpaired) electrons. The second-order valence-corrected chi connectivity index (χ2v) is 7.29. The molecule has 0 saturated heterocycles. The molecule has 0 fully saturated rings. The lowest BCUT2D eigenvalue weighted by atomic mass is 10.1. The zero-order valence-electron chi connectivity index (χ0n) is 15.0. The van der Waals surface area contributed by atoms with Crippen LogP contribution in [-0.4, -0.2) is 12.5 Å². The van der Waals surface area contributed by atoms with E-state index in [1.807, 2.05) is 18.2 Å². The molecule has 3 aromatic carbocycles. The van der Waals surface area contributed by atoms with Crippen molar-refractivity contribution < 1.29 is 18.3 Å². The van der Waals surface area contributed by atoms with Gasteiger partial charge in [0.05, 0.1) is 0 Å². The first-order valence-electron chi connectivity index (χ1n) is 8.83. The number of nitrogens with zero attached hydrogens (tertiary/aromatic N) is 1. The Balaban J connectivity index is 1.45. The molecule has 1 aliphatic rings. The van der Waals surface area contributed by atoms with Crippen LogP contribution in [0.15, 0.2) is 65.7 Å². The van der Waals surface area contributed by atoms with E-state index in [1.165, 1.54) is 18.2 Å². The van der Waals surface area contributed by atoms with Gasteiger partial charge in [-0.2, -0.15) is 0 Å². The highest BCUT2D eigenvalue weighted by Gasteiger charge is 2.26. The maximum atomic E-state index is 13.9. The average molecular weight is 434 g/mol. The van der Waals surface area contributed by atoms with Gasteiger partial charge < -0.3 is 9.47 Å². The minimum Gasteiger partial charge on any atom is -0.489 e. The monoisotopic (exact) mass is 433 g/mol. The van der Waals surface area contributed by atoms with Gasteiger partial charge in [-0.05, 0) is 42.0 Å². The van der Waals surface area contributed by atoms with E-state index in [9.17, 15) is 8.78 Å². The Kier molecular flexibility index (Phi) is 5.69. The summed E-state index contributed by atoms with van der Waals surface area (Å²) in [6.45, 7) is 0.514. The zero-order valence-corrected chi connectivity index (χ0v) is 16.6. The molecule has 0 N–H and O–H groups in total. The van der Waals surface area contributed by atoms with Gasteiger partial charge in [0.2, 0.25) is 5.90 Å². The molecule has 1 atom stereocenters. The van der Waals surface area contributed by atoms with Crippen molar-refractivity contribution >= 4 is 29.1 Å². The maximum absolute atomic E-state index is 13.9. The highest BCUT2D eigenvalue weighted by Crippen LogP contribution is 2.29. The van der Waals surface area contributed by atoms with E-state index in [4.69, 9.17) is 32.7 Å². The number of benzene rings is 3. The van der Waals surface area contributed by atoms with Gasteiger partial charge in [-0.3, -0.25) is 0 Å². The predicted octanol–water partition coefficient (Wildman–Crippen LogP) is 6.37. The normalized spacial score (nSPS) is 15.7. The van der Waals surface area contributed by atoms with E-state index in [2.05, 4.69) is 4.99 Å². The Morgan fingerprint density at radius 1 is 1.00 bits per heavy atom. The molecule has 0 amide bonds. The van der Waals surface area contributed by atoms with Crippen LogP contribution >= 0.6 is 23.2 Å². The van der Waals surface area contributed by atoms with Crippen LogP contribution in [0.5, 0.6) is 5.75 Å². The standard InChI is InChI=1S/C22H15Cl2F2NO2/c23-15-7-4-14(17(24)10-15)11-28-16-8-5-13(6-9-16)20-12-29-22(27-20)21-18(25)2-1-3-19(21)26/h1-10,20H,11-12H2. The molecule has 0 aromatic heterocycles. The van der Waals surface area contributed by atoms with Crippen LogP contribution in [0.2, 0.25) is 10.0 Å². The van der Waals surface area contributed by atoms with Gasteiger partial charge in [-0.25, -0.2) is 13.8 Å². The molecular formula is C22H15Cl2F2NO2. The lowest BCUT2D eigenvalue weighted by Crippen LogP contribution is -2.07. The van der Waals surface area contributed by atoms with Crippen LogP contribution in [0.3, 0.4) is 0 Å². The number of aliphatic imine (C=N–C) groups is 1. The third-order valence-corrected chi connectivity index (χ3v) is 5.09. The van der Waals surface area contributed by atoms with Crippen LogP contribution in [-0.2, 0) is 11.3 Å². The van der Waals surface area contributed by atoms with Crippen molar-refractivity contribution in [3.05, 3.63) is 99.0 Å². The minimum atomic E-state index is -0.700. The molecular weight excluding hydrogens is 419 g/mol. The summed E-state index contributed by atoms with van der Waals surface area (Å²) in [5.41, 5.74) is 1.44. The fraction of sp³-hybridized carbons (Fsp3) is 0.136. The SMILES string of the molecule is Fc1cccc(F)c1C1=NC(c2ccc(OCc3ccc(Cl)cc3Cl)cc2)CO1. The van der Waals surface area contributed by atoms with E-state index in [0.29, 0.717) is 22.4 Å². The molecule has 148 valence electrons. The first kappa shape index (κ1) is 19.7. The fourth-order valence-corrected chi connectivity index (χ4v) is 3.43. The van der Waals surface area contributed by atoms with Gasteiger partial charge in [0.1, 0.15) is 42.2 Å². The molecule has 1 unspecified atom stereocenters. The van der Waals surface area contributed by atoms with Gasteiger partial charge in [-0.1, -0.05) is 47.5 Å². The van der Waals surface area contributed by atoms with Crippen molar-refractivity contribution in [1.29, 1.82) is 0 Å². The van der Waals surface area contributed by atoms with Gasteiger partial charge in [0.15, 0.2) is 0 Å². The average Bonchev–Trinajstić information content (AvgIpc) is 3.17. The Morgan fingerprint density at radius 3 is 2.41 bits per heavy atom. The number of ether oxygens (including phenoxy) is 2. The van der Waals surface area contributed by atoms with Crippen LogP contribution in [0.4, 0.5) is 8.78 Å². The van der Waals surface area contributed by atoms with Gasteiger partial charge in [0.25, 0.3) is 0 Å². The second kappa shape index (κ2) is 8.39. The van der Waals surface area contributed by atoms with Gasteiger partial charge in [-0.15, -0.1) is 0 Å². The molecule has 3 nitrogen and oxygen atoms in total. The molecule has 29 heavy (non-hydrogen) atoms. The van der Waals surface area contributed by atoms with Crippen LogP contribution in [0, 0.1) is 11.6 Å². The Labute approximate surface area is 176 Å². The van der Waals surface area contributed by atoms with E-state index < -0.39 is 11.6 Å². The number of hydrogen-bond acceptors (Lipinski definition) is 3. The maximum Gasteiger partial charge on any atom is 0.222 e. The summed E-state index contributed by atoms with van der Waals surface area (Å²) < 4.78 is 39.0. The summed E-state index contributed by atoms with van der Waals surface area (Å²) in [7, 11) is 0. The molecule has 7 heteroatoms. The molecule has 1 aliphatic heterocycles. The first-order chi connectivity index (χ1) is 14.0. The summed E-state index contributed by atoms with van der Waals surface area (Å²) in [5, 5.41) is 1.11. The Bertz CT molecular complexity index is 1050. The molecule has 0 aliphatic carbocycles. The highest BCUT2D eigenvalue weighted by atomic mass is 35.5. The van der Waals surface area contributed by atoms with E-state index in [-0.39, 0.29) is 24.1 Å². The van der Waals surface area contributed by atoms with Gasteiger partial charge in [0, 0.05) is 15.6 Å². The third kappa shape index (κ3) is 4.36. The molecule has 0 bridgehead atoms. The minimum absolute atomic E-state index is 0.0247. The van der Waals surface area contributed by atoms with Crippen LogP contribution in [0.25, 0.3) is 0 Å². The van der Waals surface area contributed by atoms with E-state index >= 15 is 0 Å². The summed E-state index contributed by atoms with van der Waals surface area (Å²) in [4.78, 5) is 4.34. The van der Waals surface area contributed by atoms with Crippen molar-refractivity contribution in [2.75, 3.05) is 6.61 Å². The third-order valence-electron chi connectivity index (χ3n) is 4.50. The van der Waals surface area contributed by atoms with E-state index in [0.717, 1.165) is 11.1 Å². The van der Waals surface area contributed by atoms with Gasteiger partial charge >= 0.3 is 0 Å². The van der Waals surface area contributed by atoms with Crippen molar-refractivity contribution in [3.63, 3.8) is 0 Å². The predicted molar refractivity (Wildman–Crippen MR) is 109 cm³/mol. The topological polar surface area (TPSA) is 30.8 Å². The van der Waals surface area contributed by atoms with Crippen LogP contribution < -0.4 is 4.74 Å². The fourth-order valence-electron chi connectivity index (χ4n) is 2.97. The molecule has 4 rings (SSSR count). The van der Waals surface area contributed by atoms with E-state index in [1.54, 1.807) is 24.3 Å². The highest BCUT2D eigenvalue weighted by molar-refractivity contribution is 6.35. The summed E-state index contributed by atoms with van der Waals surface area (Å²) in [6, 6.07) is 15.8. The van der Waals surface area contributed by atoms with Crippen LogP contribution in [0.1, 0.15) is 22.7 Å². The second-order valence-electron chi connectivity index (χ2n) is 6.45. The summed E-state index contributed by atoms with van der Waals surface area (Å²) in [5.74, 6) is -0.769. The number of halogens is 4. The number of hydrogen-bond donors (Lipinski definition) is 0. The largest absolute Gasteiger partial charge is 0.489 e.